The molecule has 2 heterocycles. The van der Waals surface area contributed by atoms with Crippen LogP contribution in [0.25, 0.3) is 0 Å². The summed E-state index contributed by atoms with van der Waals surface area (Å²) < 4.78 is 50.3. The van der Waals surface area contributed by atoms with E-state index in [1.54, 1.807) is 0 Å². The van der Waals surface area contributed by atoms with Crippen LogP contribution in [0.4, 0.5) is 0 Å². The molecule has 2 aliphatic rings. The predicted molar refractivity (Wildman–Crippen MR) is 77.4 cm³/mol. The van der Waals surface area contributed by atoms with Crippen LogP contribution >= 0.6 is 0 Å². The lowest BCUT2D eigenvalue weighted by molar-refractivity contribution is 0.161. The highest BCUT2D eigenvalue weighted by atomic mass is 32.2. The molecule has 7 nitrogen and oxygen atoms in total. The fourth-order valence-corrected chi connectivity index (χ4v) is 5.39. The molecule has 2 aliphatic heterocycles. The number of likely N-dealkylation sites (tertiary alicyclic amines) is 1. The number of nitrogens with zero attached hydrogens (tertiary/aromatic N) is 2. The van der Waals surface area contributed by atoms with Gasteiger partial charge in [-0.2, -0.15) is 17.4 Å². The van der Waals surface area contributed by atoms with Gasteiger partial charge in [0.15, 0.2) is 9.84 Å². The summed E-state index contributed by atoms with van der Waals surface area (Å²) in [5.41, 5.74) is 0. The number of nitrogens with one attached hydrogen (secondary N) is 1. The second-order valence-corrected chi connectivity index (χ2v) is 9.92. The molecule has 0 amide bonds. The first-order valence-electron chi connectivity index (χ1n) is 6.84. The van der Waals surface area contributed by atoms with E-state index in [9.17, 15) is 16.8 Å². The van der Waals surface area contributed by atoms with E-state index in [1.165, 1.54) is 18.4 Å². The Bertz CT molecular complexity index is 536. The van der Waals surface area contributed by atoms with Crippen LogP contribution in [-0.2, 0) is 20.0 Å². The van der Waals surface area contributed by atoms with Crippen molar-refractivity contribution in [1.29, 1.82) is 0 Å². The minimum Gasteiger partial charge on any atom is -0.299 e. The zero-order valence-electron chi connectivity index (χ0n) is 11.9. The molecule has 0 aromatic heterocycles. The maximum Gasteiger partial charge on any atom is 0.279 e. The number of hydrogen-bond donors (Lipinski definition) is 1. The van der Waals surface area contributed by atoms with Crippen molar-refractivity contribution in [3.8, 4) is 0 Å². The Hall–Kier alpha value is -0.220. The van der Waals surface area contributed by atoms with Crippen LogP contribution in [0, 0.1) is 0 Å². The normalized spacial score (nSPS) is 29.1. The van der Waals surface area contributed by atoms with Crippen LogP contribution in [0.5, 0.6) is 0 Å². The molecule has 0 aromatic rings. The van der Waals surface area contributed by atoms with Gasteiger partial charge in [-0.3, -0.25) is 4.90 Å². The van der Waals surface area contributed by atoms with Crippen LogP contribution in [0.2, 0.25) is 0 Å². The van der Waals surface area contributed by atoms with Crippen molar-refractivity contribution < 1.29 is 16.8 Å². The van der Waals surface area contributed by atoms with Gasteiger partial charge in [-0.05, 0) is 32.4 Å². The minimum absolute atomic E-state index is 0.0586. The number of piperidine rings is 1. The predicted octanol–water partition coefficient (Wildman–Crippen LogP) is -0.966. The van der Waals surface area contributed by atoms with E-state index < -0.39 is 20.0 Å². The molecule has 1 N–H and O–H groups in total. The number of sulfone groups is 1. The molecule has 0 aliphatic carbocycles. The fourth-order valence-electron chi connectivity index (χ4n) is 2.76. The van der Waals surface area contributed by atoms with E-state index in [0.29, 0.717) is 6.42 Å². The van der Waals surface area contributed by atoms with Gasteiger partial charge >= 0.3 is 0 Å². The third-order valence-corrected chi connectivity index (χ3v) is 7.39. The molecule has 0 saturated carbocycles. The third kappa shape index (κ3) is 3.91. The molecule has 0 aromatic carbocycles. The lowest BCUT2D eigenvalue weighted by atomic mass is 10.0. The quantitative estimate of drug-likeness (QED) is 0.719. The Balaban J connectivity index is 1.84. The second-order valence-electron chi connectivity index (χ2n) is 5.77. The van der Waals surface area contributed by atoms with Crippen molar-refractivity contribution in [2.75, 3.05) is 38.7 Å². The fraction of sp³-hybridized carbons (Fsp3) is 1.00. The Kier molecular flexibility index (Phi) is 4.75. The molecule has 0 radical (unpaired) electrons. The summed E-state index contributed by atoms with van der Waals surface area (Å²) in [4.78, 5) is 2.19. The highest BCUT2D eigenvalue weighted by Crippen LogP contribution is 2.22. The van der Waals surface area contributed by atoms with E-state index in [1.807, 2.05) is 0 Å². The van der Waals surface area contributed by atoms with E-state index >= 15 is 0 Å². The van der Waals surface area contributed by atoms with E-state index in [4.69, 9.17) is 0 Å². The van der Waals surface area contributed by atoms with Crippen LogP contribution in [0.1, 0.15) is 19.3 Å². The lowest BCUT2D eigenvalue weighted by Crippen LogP contribution is -2.50. The van der Waals surface area contributed by atoms with Crippen molar-refractivity contribution in [3.63, 3.8) is 0 Å². The smallest absolute Gasteiger partial charge is 0.279 e. The Morgan fingerprint density at radius 1 is 1.15 bits per heavy atom. The maximum atomic E-state index is 11.7. The zero-order valence-corrected chi connectivity index (χ0v) is 13.6. The van der Waals surface area contributed by atoms with E-state index in [0.717, 1.165) is 25.9 Å². The van der Waals surface area contributed by atoms with Crippen LogP contribution in [0.3, 0.4) is 0 Å². The van der Waals surface area contributed by atoms with Crippen molar-refractivity contribution in [3.05, 3.63) is 0 Å². The Morgan fingerprint density at radius 2 is 1.75 bits per heavy atom. The van der Waals surface area contributed by atoms with Crippen molar-refractivity contribution in [2.45, 2.75) is 31.3 Å². The molecule has 20 heavy (non-hydrogen) atoms. The van der Waals surface area contributed by atoms with Gasteiger partial charge in [-0.1, -0.05) is 0 Å². The highest BCUT2D eigenvalue weighted by molar-refractivity contribution is 7.91. The van der Waals surface area contributed by atoms with Gasteiger partial charge in [0.1, 0.15) is 0 Å². The summed E-state index contributed by atoms with van der Waals surface area (Å²) in [6.07, 6.45) is 2.16. The first-order valence-corrected chi connectivity index (χ1v) is 10.1. The van der Waals surface area contributed by atoms with Gasteiger partial charge in [0.2, 0.25) is 0 Å². The van der Waals surface area contributed by atoms with Crippen LogP contribution < -0.4 is 4.72 Å². The number of hydrogen-bond acceptors (Lipinski definition) is 5. The standard InChI is InChI=1S/C11H23N3O4S2/c1-13(2)20(17,18)12-10-3-6-14(7-4-10)11-5-8-19(15,16)9-11/h10-12H,3-9H2,1-2H3. The van der Waals surface area contributed by atoms with Crippen LogP contribution in [-0.4, -0.2) is 76.8 Å². The first-order chi connectivity index (χ1) is 9.20. The highest BCUT2D eigenvalue weighted by Gasteiger charge is 2.34. The van der Waals surface area contributed by atoms with Crippen molar-refractivity contribution in [2.24, 2.45) is 0 Å². The maximum absolute atomic E-state index is 11.7. The molecule has 9 heteroatoms. The average molecular weight is 325 g/mol. The van der Waals surface area contributed by atoms with E-state index in [2.05, 4.69) is 9.62 Å². The SMILES string of the molecule is CN(C)S(=O)(=O)NC1CCN(C2CCS(=O)(=O)C2)CC1. The molecule has 2 saturated heterocycles. The molecule has 1 atom stereocenters. The lowest BCUT2D eigenvalue weighted by Gasteiger charge is -2.35. The molecule has 2 rings (SSSR count). The molecule has 1 unspecified atom stereocenters. The topological polar surface area (TPSA) is 86.8 Å². The van der Waals surface area contributed by atoms with Gasteiger partial charge in [-0.15, -0.1) is 0 Å². The molecule has 118 valence electrons. The Morgan fingerprint density at radius 3 is 2.20 bits per heavy atom. The van der Waals surface area contributed by atoms with Gasteiger partial charge in [-0.25, -0.2) is 8.42 Å². The second kappa shape index (κ2) is 5.88. The summed E-state index contributed by atoms with van der Waals surface area (Å²) in [7, 11) is -3.24. The molecule has 0 bridgehead atoms. The van der Waals surface area contributed by atoms with Gasteiger partial charge < -0.3 is 0 Å². The average Bonchev–Trinajstić information content (AvgIpc) is 2.70. The van der Waals surface area contributed by atoms with Crippen molar-refractivity contribution in [1.82, 2.24) is 13.9 Å². The molecule has 0 spiro atoms. The van der Waals surface area contributed by atoms with Gasteiger partial charge in [0.05, 0.1) is 11.5 Å². The molecule has 2 fully saturated rings. The summed E-state index contributed by atoms with van der Waals surface area (Å²) >= 11 is 0. The molecular formula is C11H23N3O4S2. The summed E-state index contributed by atoms with van der Waals surface area (Å²) in [5.74, 6) is 0.534. The minimum atomic E-state index is -3.38. The monoisotopic (exact) mass is 325 g/mol. The van der Waals surface area contributed by atoms with Crippen LogP contribution in [0.15, 0.2) is 0 Å². The summed E-state index contributed by atoms with van der Waals surface area (Å²) in [6, 6.07) is 0.0584. The first kappa shape index (κ1) is 16.2. The van der Waals surface area contributed by atoms with Gasteiger partial charge in [0.25, 0.3) is 10.2 Å². The zero-order chi connectivity index (χ0) is 15.0. The third-order valence-electron chi connectivity index (χ3n) is 4.05. The van der Waals surface area contributed by atoms with Crippen molar-refractivity contribution >= 4 is 20.0 Å². The Labute approximate surface area is 121 Å². The molecular weight excluding hydrogens is 302 g/mol. The summed E-state index contributed by atoms with van der Waals surface area (Å²) in [6.45, 7) is 1.50. The van der Waals surface area contributed by atoms with Gasteiger partial charge in [0, 0.05) is 26.2 Å². The number of rotatable bonds is 4. The summed E-state index contributed by atoms with van der Waals surface area (Å²) in [5, 5.41) is 0. The van der Waals surface area contributed by atoms with E-state index in [-0.39, 0.29) is 23.6 Å². The largest absolute Gasteiger partial charge is 0.299 e.